The zero-order chi connectivity index (χ0) is 21.1. The van der Waals surface area contributed by atoms with E-state index in [4.69, 9.17) is 21.3 Å². The van der Waals surface area contributed by atoms with Crippen molar-refractivity contribution in [2.45, 2.75) is 37.4 Å². The third kappa shape index (κ3) is 4.56. The highest BCUT2D eigenvalue weighted by Crippen LogP contribution is 2.35. The number of aryl methyl sites for hydroxylation is 2. The molecule has 0 atom stereocenters. The van der Waals surface area contributed by atoms with Gasteiger partial charge in [0.2, 0.25) is 5.91 Å². The molecule has 1 aliphatic rings. The number of anilines is 1. The van der Waals surface area contributed by atoms with E-state index in [0.29, 0.717) is 35.4 Å². The van der Waals surface area contributed by atoms with E-state index < -0.39 is 0 Å². The number of ether oxygens (including phenoxy) is 1. The largest absolute Gasteiger partial charge is 0.385 e. The first-order valence-corrected chi connectivity index (χ1v) is 12.0. The van der Waals surface area contributed by atoms with Crippen molar-refractivity contribution in [2.75, 3.05) is 24.8 Å². The van der Waals surface area contributed by atoms with Gasteiger partial charge in [0.25, 0.3) is 5.56 Å². The van der Waals surface area contributed by atoms with Crippen LogP contribution in [-0.2, 0) is 28.9 Å². The summed E-state index contributed by atoms with van der Waals surface area (Å²) in [4.78, 5) is 32.6. The smallest absolute Gasteiger partial charge is 0.263 e. The number of nitrogens with zero attached hydrogens (tertiary/aromatic N) is 2. The molecule has 30 heavy (non-hydrogen) atoms. The summed E-state index contributed by atoms with van der Waals surface area (Å²) in [5.74, 6) is -0.0199. The van der Waals surface area contributed by atoms with E-state index >= 15 is 0 Å². The zero-order valence-electron chi connectivity index (χ0n) is 16.6. The fourth-order valence-electron chi connectivity index (χ4n) is 3.63. The maximum Gasteiger partial charge on any atom is 0.263 e. The minimum absolute atomic E-state index is 0.00625. The van der Waals surface area contributed by atoms with Crippen LogP contribution in [0.2, 0.25) is 5.02 Å². The standard InChI is InChI=1S/C21H22ClN3O3S2/c1-28-10-4-9-25-20(27)18-15-7-3-8-16(15)30-19(18)24-21(25)29-12-17(26)23-14-6-2-5-13(22)11-14/h2,5-6,11H,3-4,7-10,12H2,1H3,(H,23,26). The molecular formula is C21H22ClN3O3S2. The third-order valence-electron chi connectivity index (χ3n) is 4.96. The van der Waals surface area contributed by atoms with Crippen LogP contribution in [0.3, 0.4) is 0 Å². The van der Waals surface area contributed by atoms with E-state index in [2.05, 4.69) is 5.32 Å². The van der Waals surface area contributed by atoms with E-state index in [1.54, 1.807) is 47.3 Å². The Kier molecular flexibility index (Phi) is 6.77. The number of hydrogen-bond acceptors (Lipinski definition) is 6. The number of hydrogen-bond donors (Lipinski definition) is 1. The van der Waals surface area contributed by atoms with Crippen molar-refractivity contribution in [3.8, 4) is 0 Å². The van der Waals surface area contributed by atoms with Crippen molar-refractivity contribution in [3.05, 3.63) is 50.1 Å². The number of halogens is 1. The Bertz CT molecular complexity index is 1140. The predicted octanol–water partition coefficient (Wildman–Crippen LogP) is 4.37. The minimum Gasteiger partial charge on any atom is -0.385 e. The number of fused-ring (bicyclic) bond motifs is 3. The van der Waals surface area contributed by atoms with Crippen LogP contribution in [0.15, 0.2) is 34.2 Å². The summed E-state index contributed by atoms with van der Waals surface area (Å²) in [6, 6.07) is 7.02. The molecule has 0 fully saturated rings. The van der Waals surface area contributed by atoms with E-state index in [0.717, 1.165) is 29.5 Å². The number of aromatic nitrogens is 2. The minimum atomic E-state index is -0.172. The maximum absolute atomic E-state index is 13.3. The Morgan fingerprint density at radius 2 is 2.27 bits per heavy atom. The highest BCUT2D eigenvalue weighted by molar-refractivity contribution is 7.99. The molecule has 3 aromatic rings. The molecule has 158 valence electrons. The Morgan fingerprint density at radius 3 is 3.07 bits per heavy atom. The average molecular weight is 464 g/mol. The number of amides is 1. The topological polar surface area (TPSA) is 73.2 Å². The van der Waals surface area contributed by atoms with Gasteiger partial charge >= 0.3 is 0 Å². The molecule has 0 radical (unpaired) electrons. The molecule has 1 amide bonds. The van der Waals surface area contributed by atoms with Crippen LogP contribution in [0, 0.1) is 0 Å². The molecular weight excluding hydrogens is 442 g/mol. The molecule has 4 rings (SSSR count). The molecule has 0 spiro atoms. The summed E-state index contributed by atoms with van der Waals surface area (Å²) in [5.41, 5.74) is 1.81. The van der Waals surface area contributed by atoms with Crippen molar-refractivity contribution >= 4 is 56.5 Å². The summed E-state index contributed by atoms with van der Waals surface area (Å²) in [5, 5.41) is 4.73. The van der Waals surface area contributed by atoms with Crippen LogP contribution in [0.4, 0.5) is 5.69 Å². The quantitative estimate of drug-likeness (QED) is 0.305. The molecule has 0 unspecified atom stereocenters. The average Bonchev–Trinajstić information content (AvgIpc) is 3.29. The van der Waals surface area contributed by atoms with Gasteiger partial charge in [-0.05, 0) is 49.4 Å². The number of carbonyl (C=O) groups excluding carboxylic acids is 1. The second-order valence-corrected chi connectivity index (χ2v) is 9.54. The Balaban J connectivity index is 1.57. The van der Waals surface area contributed by atoms with E-state index in [-0.39, 0.29) is 17.2 Å². The number of thiophene rings is 1. The van der Waals surface area contributed by atoms with Crippen LogP contribution in [-0.4, -0.2) is 34.9 Å². The molecule has 1 N–H and O–H groups in total. The molecule has 0 bridgehead atoms. The van der Waals surface area contributed by atoms with Crippen LogP contribution in [0.25, 0.3) is 10.2 Å². The van der Waals surface area contributed by atoms with Gasteiger partial charge in [-0.3, -0.25) is 14.2 Å². The molecule has 0 saturated carbocycles. The molecule has 0 aliphatic heterocycles. The Morgan fingerprint density at radius 1 is 1.40 bits per heavy atom. The van der Waals surface area contributed by atoms with E-state index in [1.807, 2.05) is 0 Å². The first-order chi connectivity index (χ1) is 14.6. The van der Waals surface area contributed by atoms with Gasteiger partial charge in [-0.2, -0.15) is 0 Å². The van der Waals surface area contributed by atoms with E-state index in [9.17, 15) is 9.59 Å². The summed E-state index contributed by atoms with van der Waals surface area (Å²) in [6.07, 6.45) is 3.77. The van der Waals surface area contributed by atoms with Gasteiger partial charge in [0.05, 0.1) is 11.1 Å². The Hall–Kier alpha value is -1.87. The predicted molar refractivity (Wildman–Crippen MR) is 123 cm³/mol. The van der Waals surface area contributed by atoms with Crippen molar-refractivity contribution < 1.29 is 9.53 Å². The third-order valence-corrected chi connectivity index (χ3v) is 7.36. The van der Waals surface area contributed by atoms with Crippen LogP contribution < -0.4 is 10.9 Å². The fraction of sp³-hybridized carbons (Fsp3) is 0.381. The maximum atomic E-state index is 13.3. The lowest BCUT2D eigenvalue weighted by Gasteiger charge is -2.12. The molecule has 6 nitrogen and oxygen atoms in total. The normalized spacial score (nSPS) is 13.0. The first-order valence-electron chi connectivity index (χ1n) is 9.79. The van der Waals surface area contributed by atoms with E-state index in [1.165, 1.54) is 22.2 Å². The highest BCUT2D eigenvalue weighted by atomic mass is 35.5. The van der Waals surface area contributed by atoms with Crippen LogP contribution in [0.5, 0.6) is 0 Å². The fourth-order valence-corrected chi connectivity index (χ4v) is 5.94. The molecule has 2 aromatic heterocycles. The van der Waals surface area contributed by atoms with Crippen molar-refractivity contribution in [3.63, 3.8) is 0 Å². The highest BCUT2D eigenvalue weighted by Gasteiger charge is 2.23. The summed E-state index contributed by atoms with van der Waals surface area (Å²) in [7, 11) is 1.64. The van der Waals surface area contributed by atoms with Gasteiger partial charge < -0.3 is 10.1 Å². The lowest BCUT2D eigenvalue weighted by molar-refractivity contribution is -0.113. The number of nitrogens with one attached hydrogen (secondary N) is 1. The second-order valence-electron chi connectivity index (χ2n) is 7.08. The van der Waals surface area contributed by atoms with Crippen LogP contribution in [0.1, 0.15) is 23.3 Å². The molecule has 1 aliphatic carbocycles. The van der Waals surface area contributed by atoms with Crippen molar-refractivity contribution in [1.29, 1.82) is 0 Å². The van der Waals surface area contributed by atoms with Gasteiger partial charge in [0.1, 0.15) is 4.83 Å². The van der Waals surface area contributed by atoms with Gasteiger partial charge in [-0.1, -0.05) is 29.4 Å². The monoisotopic (exact) mass is 463 g/mol. The molecule has 0 saturated heterocycles. The molecule has 1 aromatic carbocycles. The van der Waals surface area contributed by atoms with Crippen LogP contribution >= 0.6 is 34.7 Å². The van der Waals surface area contributed by atoms with Gasteiger partial charge in [-0.25, -0.2) is 4.98 Å². The lowest BCUT2D eigenvalue weighted by atomic mass is 10.2. The van der Waals surface area contributed by atoms with Gasteiger partial charge in [-0.15, -0.1) is 11.3 Å². The first kappa shape index (κ1) is 21.4. The Labute approximate surface area is 187 Å². The lowest BCUT2D eigenvalue weighted by Crippen LogP contribution is -2.25. The number of carbonyl (C=O) groups is 1. The molecule has 9 heteroatoms. The number of benzene rings is 1. The summed E-state index contributed by atoms with van der Waals surface area (Å²) >= 11 is 8.86. The van der Waals surface area contributed by atoms with Gasteiger partial charge in [0.15, 0.2) is 5.16 Å². The summed E-state index contributed by atoms with van der Waals surface area (Å²) in [6.45, 7) is 1.07. The molecule has 2 heterocycles. The summed E-state index contributed by atoms with van der Waals surface area (Å²) < 4.78 is 6.85. The number of methoxy groups -OCH3 is 1. The van der Waals surface area contributed by atoms with Gasteiger partial charge in [0, 0.05) is 35.8 Å². The second kappa shape index (κ2) is 9.51. The van der Waals surface area contributed by atoms with Crippen molar-refractivity contribution in [1.82, 2.24) is 9.55 Å². The number of thioether (sulfide) groups is 1. The number of rotatable bonds is 8. The van der Waals surface area contributed by atoms with Crippen molar-refractivity contribution in [2.24, 2.45) is 0 Å². The SMILES string of the molecule is COCCCn1c(SCC(=O)Nc2cccc(Cl)c2)nc2sc3c(c2c1=O)CCC3. The zero-order valence-corrected chi connectivity index (χ0v) is 19.0.